The van der Waals surface area contributed by atoms with Crippen molar-refractivity contribution in [2.45, 2.75) is 31.0 Å². The quantitative estimate of drug-likeness (QED) is 0.606. The van der Waals surface area contributed by atoms with Crippen LogP contribution < -0.4 is 4.90 Å². The fourth-order valence-corrected chi connectivity index (χ4v) is 3.26. The molecule has 23 heavy (non-hydrogen) atoms. The smallest absolute Gasteiger partial charge is 0.278 e. The Bertz CT molecular complexity index is 771. The number of aryl methyl sites for hydroxylation is 1. The van der Waals surface area contributed by atoms with Crippen molar-refractivity contribution in [3.8, 4) is 0 Å². The maximum absolute atomic E-state index is 13.5. The summed E-state index contributed by atoms with van der Waals surface area (Å²) in [5.41, 5.74) is 1.72. The number of amides is 1. The first-order valence-electron chi connectivity index (χ1n) is 7.19. The van der Waals surface area contributed by atoms with E-state index in [4.69, 9.17) is 11.6 Å². The molecule has 1 amide bonds. The lowest BCUT2D eigenvalue weighted by molar-refractivity contribution is 0.0969. The van der Waals surface area contributed by atoms with Crippen molar-refractivity contribution in [3.05, 3.63) is 46.5 Å². The number of fused-ring (bicyclic) bond motifs is 1. The second kappa shape index (κ2) is 6.45. The normalized spacial score (nSPS) is 17.0. The van der Waals surface area contributed by atoms with Crippen LogP contribution in [0.4, 0.5) is 10.1 Å². The van der Waals surface area contributed by atoms with E-state index in [1.54, 1.807) is 11.0 Å². The van der Waals surface area contributed by atoms with E-state index in [0.29, 0.717) is 5.16 Å². The van der Waals surface area contributed by atoms with Gasteiger partial charge in [-0.1, -0.05) is 23.4 Å². The molecule has 3 rings (SSSR count). The van der Waals surface area contributed by atoms with Crippen LogP contribution in [0, 0.1) is 5.82 Å². The maximum Gasteiger partial charge on any atom is 0.278 e. The zero-order valence-corrected chi connectivity index (χ0v) is 14.3. The molecule has 7 heteroatoms. The van der Waals surface area contributed by atoms with Gasteiger partial charge in [0.25, 0.3) is 5.91 Å². The van der Waals surface area contributed by atoms with Gasteiger partial charge in [-0.15, -0.1) is 0 Å². The highest BCUT2D eigenvalue weighted by Crippen LogP contribution is 2.33. The standard InChI is InChI=1S/C16H15ClFN3OS/c1-9-3-4-10-7-11(18)5-6-13(10)21(9)15(22)14-12(17)8-19-16(20-14)23-2/h5-9H,3-4H2,1-2H3. The lowest BCUT2D eigenvalue weighted by Crippen LogP contribution is -2.42. The summed E-state index contributed by atoms with van der Waals surface area (Å²) in [5.74, 6) is -0.580. The lowest BCUT2D eigenvalue weighted by Gasteiger charge is -2.35. The summed E-state index contributed by atoms with van der Waals surface area (Å²) in [4.78, 5) is 22.9. The minimum absolute atomic E-state index is 0.00998. The average Bonchev–Trinajstić information content (AvgIpc) is 2.55. The van der Waals surface area contributed by atoms with E-state index in [2.05, 4.69) is 9.97 Å². The topological polar surface area (TPSA) is 46.1 Å². The number of anilines is 1. The van der Waals surface area contributed by atoms with E-state index in [1.807, 2.05) is 13.2 Å². The Hall–Kier alpha value is -1.66. The number of carbonyl (C=O) groups excluding carboxylic acids is 1. The van der Waals surface area contributed by atoms with Crippen molar-refractivity contribution in [1.29, 1.82) is 0 Å². The SMILES string of the molecule is CSc1ncc(Cl)c(C(=O)N2c3ccc(F)cc3CCC2C)n1. The van der Waals surface area contributed by atoms with E-state index in [1.165, 1.54) is 30.1 Å². The molecule has 0 N–H and O–H groups in total. The first kappa shape index (κ1) is 16.2. The second-order valence-electron chi connectivity index (χ2n) is 5.39. The van der Waals surface area contributed by atoms with Gasteiger partial charge in [0.15, 0.2) is 10.9 Å². The fraction of sp³-hybridized carbons (Fsp3) is 0.312. The van der Waals surface area contributed by atoms with E-state index < -0.39 is 0 Å². The Kier molecular flexibility index (Phi) is 4.55. The number of benzene rings is 1. The Balaban J connectivity index is 2.06. The Morgan fingerprint density at radius 2 is 2.26 bits per heavy atom. The second-order valence-corrected chi connectivity index (χ2v) is 6.57. The molecule has 1 unspecified atom stereocenters. The van der Waals surface area contributed by atoms with Gasteiger partial charge in [-0.05, 0) is 49.8 Å². The molecule has 0 saturated carbocycles. The van der Waals surface area contributed by atoms with Crippen LogP contribution in [0.2, 0.25) is 5.02 Å². The lowest BCUT2D eigenvalue weighted by atomic mass is 9.96. The molecule has 1 aromatic carbocycles. The van der Waals surface area contributed by atoms with Crippen molar-refractivity contribution >= 4 is 35.0 Å². The Labute approximate surface area is 143 Å². The summed E-state index contributed by atoms with van der Waals surface area (Å²) in [6.45, 7) is 1.97. The van der Waals surface area contributed by atoms with E-state index >= 15 is 0 Å². The van der Waals surface area contributed by atoms with Crippen LogP contribution in [0.15, 0.2) is 29.6 Å². The number of aromatic nitrogens is 2. The largest absolute Gasteiger partial charge is 0.304 e. The van der Waals surface area contributed by atoms with Gasteiger partial charge in [0.1, 0.15) is 5.82 Å². The Morgan fingerprint density at radius 1 is 1.48 bits per heavy atom. The third kappa shape index (κ3) is 3.05. The molecule has 2 heterocycles. The number of thioether (sulfide) groups is 1. The van der Waals surface area contributed by atoms with Crippen LogP contribution in [0.5, 0.6) is 0 Å². The summed E-state index contributed by atoms with van der Waals surface area (Å²) in [6.07, 6.45) is 4.78. The van der Waals surface area contributed by atoms with Crippen molar-refractivity contribution in [2.75, 3.05) is 11.2 Å². The van der Waals surface area contributed by atoms with E-state index in [-0.39, 0.29) is 28.5 Å². The fourth-order valence-electron chi connectivity index (χ4n) is 2.74. The monoisotopic (exact) mass is 351 g/mol. The van der Waals surface area contributed by atoms with Crippen molar-refractivity contribution in [2.24, 2.45) is 0 Å². The first-order chi connectivity index (χ1) is 11.0. The minimum atomic E-state index is -0.296. The van der Waals surface area contributed by atoms with Crippen molar-refractivity contribution in [1.82, 2.24) is 9.97 Å². The first-order valence-corrected chi connectivity index (χ1v) is 8.80. The third-order valence-corrected chi connectivity index (χ3v) is 4.74. The highest BCUT2D eigenvalue weighted by atomic mass is 35.5. The predicted molar refractivity (Wildman–Crippen MR) is 89.8 cm³/mol. The third-order valence-electron chi connectivity index (χ3n) is 3.90. The molecule has 0 spiro atoms. The highest BCUT2D eigenvalue weighted by molar-refractivity contribution is 7.98. The number of hydrogen-bond donors (Lipinski definition) is 0. The molecule has 120 valence electrons. The molecule has 2 aromatic rings. The van der Waals surface area contributed by atoms with Crippen molar-refractivity contribution < 1.29 is 9.18 Å². The van der Waals surface area contributed by atoms with Crippen LogP contribution in [-0.4, -0.2) is 28.2 Å². The van der Waals surface area contributed by atoms with Crippen LogP contribution in [0.3, 0.4) is 0 Å². The number of carbonyl (C=O) groups is 1. The van der Waals surface area contributed by atoms with Gasteiger partial charge in [0, 0.05) is 11.7 Å². The maximum atomic E-state index is 13.5. The van der Waals surface area contributed by atoms with Gasteiger partial charge in [-0.3, -0.25) is 4.79 Å². The molecule has 0 aliphatic carbocycles. The van der Waals surface area contributed by atoms with E-state index in [0.717, 1.165) is 24.1 Å². The molecule has 1 aliphatic heterocycles. The van der Waals surface area contributed by atoms with Crippen molar-refractivity contribution in [3.63, 3.8) is 0 Å². The van der Waals surface area contributed by atoms with Gasteiger partial charge in [0.05, 0.1) is 11.2 Å². The average molecular weight is 352 g/mol. The molecule has 0 saturated heterocycles. The molecule has 1 aliphatic rings. The Morgan fingerprint density at radius 3 is 3.00 bits per heavy atom. The summed E-state index contributed by atoms with van der Waals surface area (Å²) >= 11 is 7.47. The van der Waals surface area contributed by atoms with Gasteiger partial charge < -0.3 is 4.90 Å². The zero-order valence-electron chi connectivity index (χ0n) is 12.7. The molecule has 4 nitrogen and oxygen atoms in total. The summed E-state index contributed by atoms with van der Waals surface area (Å²) in [5, 5.41) is 0.705. The van der Waals surface area contributed by atoms with Crippen LogP contribution in [0.1, 0.15) is 29.4 Å². The van der Waals surface area contributed by atoms with Gasteiger partial charge in [-0.25, -0.2) is 14.4 Å². The summed E-state index contributed by atoms with van der Waals surface area (Å²) < 4.78 is 13.5. The van der Waals surface area contributed by atoms with Gasteiger partial charge >= 0.3 is 0 Å². The van der Waals surface area contributed by atoms with Crippen LogP contribution in [0.25, 0.3) is 0 Å². The number of rotatable bonds is 2. The molecule has 0 radical (unpaired) electrons. The highest BCUT2D eigenvalue weighted by Gasteiger charge is 2.31. The van der Waals surface area contributed by atoms with Crippen LogP contribution in [-0.2, 0) is 6.42 Å². The zero-order chi connectivity index (χ0) is 16.6. The summed E-state index contributed by atoms with van der Waals surface area (Å²) in [6, 6.07) is 4.48. The molecule has 1 aromatic heterocycles. The van der Waals surface area contributed by atoms with Gasteiger partial charge in [0.2, 0.25) is 0 Å². The molecule has 0 bridgehead atoms. The number of halogens is 2. The molecule has 0 fully saturated rings. The predicted octanol–water partition coefficient (Wildman–Crippen LogP) is 3.97. The summed E-state index contributed by atoms with van der Waals surface area (Å²) in [7, 11) is 0. The molecular formula is C16H15ClFN3OS. The van der Waals surface area contributed by atoms with E-state index in [9.17, 15) is 9.18 Å². The minimum Gasteiger partial charge on any atom is -0.304 e. The molecular weight excluding hydrogens is 337 g/mol. The van der Waals surface area contributed by atoms with Crippen LogP contribution >= 0.6 is 23.4 Å². The number of nitrogens with zero attached hydrogens (tertiary/aromatic N) is 3. The number of hydrogen-bond acceptors (Lipinski definition) is 4. The van der Waals surface area contributed by atoms with Gasteiger partial charge in [-0.2, -0.15) is 0 Å². The molecule has 1 atom stereocenters.